The average molecular weight is 929 g/mol. The second-order valence-corrected chi connectivity index (χ2v) is 12.6. The maximum absolute atomic E-state index is 14.4. The minimum absolute atomic E-state index is 0.228. The van der Waals surface area contributed by atoms with Crippen LogP contribution < -0.4 is 0 Å². The van der Waals surface area contributed by atoms with Gasteiger partial charge < -0.3 is 0 Å². The van der Waals surface area contributed by atoms with Crippen molar-refractivity contribution in [2.45, 2.75) is 117 Å². The summed E-state index contributed by atoms with van der Waals surface area (Å²) in [6.45, 7) is 0. The summed E-state index contributed by atoms with van der Waals surface area (Å²) < 4.78 is 350. The van der Waals surface area contributed by atoms with E-state index in [1.54, 1.807) is 0 Å². The lowest BCUT2D eigenvalue weighted by atomic mass is 9.84. The van der Waals surface area contributed by atoms with Gasteiger partial charge in [-0.15, -0.1) is 0 Å². The smallest absolute Gasteiger partial charge is 0.200 e. The largest absolute Gasteiger partial charge is 0.460 e. The highest BCUT2D eigenvalue weighted by molar-refractivity contribution is 9.10. The predicted molar refractivity (Wildman–Crippen MR) is 138 cm³/mol. The first-order valence-corrected chi connectivity index (χ1v) is 15.0. The molecule has 0 aliphatic heterocycles. The fourth-order valence-corrected chi connectivity index (χ4v) is 4.56. The molecule has 0 aliphatic rings. The first-order chi connectivity index (χ1) is 24.1. The monoisotopic (exact) mass is 928 g/mol. The van der Waals surface area contributed by atoms with Crippen LogP contribution in [0.4, 0.5) is 114 Å². The third-order valence-electron chi connectivity index (χ3n) is 7.72. The Morgan fingerprint density at radius 1 is 0.418 bits per heavy atom. The molecule has 1 rings (SSSR count). The van der Waals surface area contributed by atoms with Crippen LogP contribution in [-0.2, 0) is 0 Å². The van der Waals surface area contributed by atoms with E-state index < -0.39 is 122 Å². The summed E-state index contributed by atoms with van der Waals surface area (Å²) in [6.07, 6.45) is -28.3. The van der Waals surface area contributed by atoms with E-state index in [9.17, 15) is 114 Å². The van der Waals surface area contributed by atoms with Crippen molar-refractivity contribution in [3.63, 3.8) is 0 Å². The van der Waals surface area contributed by atoms with Crippen LogP contribution >= 0.6 is 15.9 Å². The maximum atomic E-state index is 14.4. The number of hydrogen-bond acceptors (Lipinski definition) is 0. The molecule has 55 heavy (non-hydrogen) atoms. The third-order valence-corrected chi connectivity index (χ3v) is 8.25. The van der Waals surface area contributed by atoms with Gasteiger partial charge in [-0.25, -0.2) is 0 Å². The Morgan fingerprint density at radius 3 is 1.04 bits per heavy atom. The highest BCUT2D eigenvalue weighted by atomic mass is 79.9. The Hall–Kier alpha value is -2.56. The van der Waals surface area contributed by atoms with Gasteiger partial charge in [0, 0.05) is 29.3 Å². The van der Waals surface area contributed by atoms with Gasteiger partial charge in [0.15, 0.2) is 0 Å². The molecule has 1 aromatic rings. The van der Waals surface area contributed by atoms with E-state index in [-0.39, 0.29) is 5.56 Å². The fourth-order valence-electron chi connectivity index (χ4n) is 4.30. The number of benzene rings is 1. The van der Waals surface area contributed by atoms with Gasteiger partial charge in [0.2, 0.25) is 0 Å². The Kier molecular flexibility index (Phi) is 14.4. The fraction of sp³-hybridized carbons (Fsp3) is 0.714. The van der Waals surface area contributed by atoms with Gasteiger partial charge in [-0.3, -0.25) is 0 Å². The second-order valence-electron chi connectivity index (χ2n) is 11.6. The number of unbranched alkanes of at least 4 members (excludes halogenated alkanes) is 1. The van der Waals surface area contributed by atoms with Crippen LogP contribution in [0.3, 0.4) is 0 Å². The van der Waals surface area contributed by atoms with Crippen LogP contribution in [0.25, 0.3) is 0 Å². The van der Waals surface area contributed by atoms with Gasteiger partial charge >= 0.3 is 71.6 Å². The normalized spacial score (nSPS) is 15.3. The molecule has 0 amide bonds. The summed E-state index contributed by atoms with van der Waals surface area (Å²) in [4.78, 5) is 0. The summed E-state index contributed by atoms with van der Waals surface area (Å²) in [5.41, 5.74) is 0.228. The lowest BCUT2D eigenvalue weighted by Crippen LogP contribution is -2.70. The van der Waals surface area contributed by atoms with E-state index in [1.807, 2.05) is 0 Å². The molecule has 0 bridgehead atoms. The van der Waals surface area contributed by atoms with E-state index in [1.165, 1.54) is 24.3 Å². The van der Waals surface area contributed by atoms with E-state index >= 15 is 0 Å². The predicted octanol–water partition coefficient (Wildman–Crippen LogP) is 13.6. The highest BCUT2D eigenvalue weighted by Crippen LogP contribution is 2.63. The summed E-state index contributed by atoms with van der Waals surface area (Å²) in [5, 5.41) is 0. The molecule has 0 saturated carbocycles. The molecule has 0 atom stereocenters. The molecular formula is C28H19BrF26. The standard InChI is InChI=1S/C28H19BrF26/c29-16-8-6-14(7-9-16)4-2-1-3-5-15(10-12-17(30,31)19(34,35)21(38,39)23(42,43)25(46,47)27(50,51)52)11-13-18(32,33)20(36,37)22(40,41)24(44,45)26(48,49)28(53,54)55/h6-9,15H,1,3,5,10-13H2. The first-order valence-electron chi connectivity index (χ1n) is 14.2. The maximum Gasteiger partial charge on any atom is 0.460 e. The molecule has 0 spiro atoms. The van der Waals surface area contributed by atoms with E-state index in [4.69, 9.17) is 0 Å². The quantitative estimate of drug-likeness (QED) is 0.0830. The van der Waals surface area contributed by atoms with Crippen LogP contribution in [0.1, 0.15) is 50.5 Å². The van der Waals surface area contributed by atoms with Crippen LogP contribution in [0, 0.1) is 17.8 Å². The number of rotatable bonds is 17. The van der Waals surface area contributed by atoms with Crippen molar-refractivity contribution in [2.75, 3.05) is 0 Å². The Balaban J connectivity index is 3.50. The molecule has 0 radical (unpaired) electrons. The Morgan fingerprint density at radius 2 is 0.727 bits per heavy atom. The molecule has 0 fully saturated rings. The van der Waals surface area contributed by atoms with Gasteiger partial charge in [0.05, 0.1) is 0 Å². The van der Waals surface area contributed by atoms with Gasteiger partial charge in [-0.1, -0.05) is 27.8 Å². The van der Waals surface area contributed by atoms with Crippen molar-refractivity contribution >= 4 is 15.9 Å². The first kappa shape index (κ1) is 50.5. The zero-order valence-electron chi connectivity index (χ0n) is 26.0. The van der Waals surface area contributed by atoms with Crippen LogP contribution in [0.2, 0.25) is 0 Å². The van der Waals surface area contributed by atoms with Crippen LogP contribution in [-0.4, -0.2) is 71.6 Å². The number of halogens is 27. The summed E-state index contributed by atoms with van der Waals surface area (Å²) in [6, 6.07) is 5.58. The molecule has 1 aromatic carbocycles. The van der Waals surface area contributed by atoms with Crippen molar-refractivity contribution in [1.82, 2.24) is 0 Å². The van der Waals surface area contributed by atoms with E-state index in [0.29, 0.717) is 4.47 Å². The summed E-state index contributed by atoms with van der Waals surface area (Å²) in [7, 11) is 0. The molecule has 0 aromatic heterocycles. The Labute approximate surface area is 299 Å². The van der Waals surface area contributed by atoms with E-state index in [0.717, 1.165) is 0 Å². The second kappa shape index (κ2) is 15.7. The Bertz CT molecular complexity index is 1410. The topological polar surface area (TPSA) is 0 Å². The van der Waals surface area contributed by atoms with Gasteiger partial charge in [-0.05, 0) is 55.9 Å². The molecule has 0 unspecified atom stereocenters. The van der Waals surface area contributed by atoms with Gasteiger partial charge in [0.1, 0.15) is 0 Å². The molecule has 0 aliphatic carbocycles. The summed E-state index contributed by atoms with van der Waals surface area (Å²) in [5.74, 6) is -76.8. The molecule has 0 nitrogen and oxygen atoms in total. The van der Waals surface area contributed by atoms with Crippen molar-refractivity contribution in [1.29, 1.82) is 0 Å². The molecule has 0 saturated heterocycles. The van der Waals surface area contributed by atoms with Crippen molar-refractivity contribution in [3.05, 3.63) is 34.3 Å². The van der Waals surface area contributed by atoms with Crippen molar-refractivity contribution in [2.24, 2.45) is 5.92 Å². The van der Waals surface area contributed by atoms with Gasteiger partial charge in [-0.2, -0.15) is 114 Å². The highest BCUT2D eigenvalue weighted by Gasteiger charge is 2.92. The molecule has 27 heteroatoms. The van der Waals surface area contributed by atoms with Crippen LogP contribution in [0.5, 0.6) is 0 Å². The molecule has 0 heterocycles. The minimum atomic E-state index is -8.35. The lowest BCUT2D eigenvalue weighted by Gasteiger charge is -2.40. The van der Waals surface area contributed by atoms with Crippen LogP contribution in [0.15, 0.2) is 28.7 Å². The summed E-state index contributed by atoms with van der Waals surface area (Å²) >= 11 is 3.05. The molecule has 0 N–H and O–H groups in total. The van der Waals surface area contributed by atoms with Gasteiger partial charge in [0.25, 0.3) is 0 Å². The zero-order chi connectivity index (χ0) is 43.9. The number of alkyl halides is 26. The average Bonchev–Trinajstić information content (AvgIpc) is 3.00. The number of hydrogen-bond donors (Lipinski definition) is 0. The van der Waals surface area contributed by atoms with Crippen molar-refractivity contribution < 1.29 is 114 Å². The zero-order valence-corrected chi connectivity index (χ0v) is 27.6. The van der Waals surface area contributed by atoms with E-state index in [2.05, 4.69) is 27.8 Å². The minimum Gasteiger partial charge on any atom is -0.200 e. The SMILES string of the molecule is FC(F)(F)C(F)(F)C(F)(F)C(F)(F)C(F)(F)C(F)(F)CCC(CCCC#Cc1ccc(Br)cc1)CCC(F)(F)C(F)(F)C(F)(F)C(F)(F)C(F)(F)C(F)(F)F. The molecular weight excluding hydrogens is 910 g/mol. The lowest BCUT2D eigenvalue weighted by molar-refractivity contribution is -0.440. The van der Waals surface area contributed by atoms with Crippen molar-refractivity contribution in [3.8, 4) is 11.8 Å². The molecule has 320 valence electrons. The third kappa shape index (κ3) is 9.12.